The van der Waals surface area contributed by atoms with Crippen LogP contribution in [0.5, 0.6) is 0 Å². The van der Waals surface area contributed by atoms with Crippen molar-refractivity contribution in [2.24, 2.45) is 11.8 Å². The van der Waals surface area contributed by atoms with Crippen LogP contribution in [0.4, 0.5) is 4.79 Å². The first kappa shape index (κ1) is 15.8. The van der Waals surface area contributed by atoms with Crippen LogP contribution in [0.25, 0.3) is 0 Å². The molecule has 19 heavy (non-hydrogen) atoms. The molecule has 5 nitrogen and oxygen atoms in total. The summed E-state index contributed by atoms with van der Waals surface area (Å²) in [6, 6.07) is -0.661. The summed E-state index contributed by atoms with van der Waals surface area (Å²) in [5, 5.41) is 5.69. The Hall–Kier alpha value is -1.26. The van der Waals surface area contributed by atoms with E-state index >= 15 is 0 Å². The molecule has 1 rings (SSSR count). The molecule has 0 unspecified atom stereocenters. The smallest absolute Gasteiger partial charge is 0.328 e. The first-order valence-electron chi connectivity index (χ1n) is 7.10. The minimum atomic E-state index is -0.594. The third-order valence-corrected chi connectivity index (χ3v) is 3.84. The zero-order valence-electron chi connectivity index (χ0n) is 12.4. The number of amides is 2. The Morgan fingerprint density at radius 1 is 1.21 bits per heavy atom. The van der Waals surface area contributed by atoms with Gasteiger partial charge in [-0.05, 0) is 24.7 Å². The van der Waals surface area contributed by atoms with E-state index in [2.05, 4.69) is 17.6 Å². The third-order valence-electron chi connectivity index (χ3n) is 3.84. The van der Waals surface area contributed by atoms with Crippen LogP contribution in [0, 0.1) is 11.8 Å². The molecular weight excluding hydrogens is 244 g/mol. The highest BCUT2D eigenvalue weighted by molar-refractivity contribution is 5.83. The van der Waals surface area contributed by atoms with E-state index in [0.29, 0.717) is 5.92 Å². The predicted octanol–water partition coefficient (Wildman–Crippen LogP) is 2.06. The normalized spacial score (nSPS) is 24.7. The van der Waals surface area contributed by atoms with Crippen molar-refractivity contribution >= 4 is 12.0 Å². The number of carbonyl (C=O) groups excluding carboxylic acids is 2. The fourth-order valence-electron chi connectivity index (χ4n) is 2.51. The Bertz CT molecular complexity index is 318. The lowest BCUT2D eigenvalue weighted by Gasteiger charge is -2.30. The molecule has 1 aliphatic carbocycles. The summed E-state index contributed by atoms with van der Waals surface area (Å²) >= 11 is 0. The minimum Gasteiger partial charge on any atom is -0.467 e. The van der Waals surface area contributed by atoms with Crippen molar-refractivity contribution in [2.75, 3.05) is 7.11 Å². The number of methoxy groups -OCH3 is 1. The topological polar surface area (TPSA) is 67.4 Å². The predicted molar refractivity (Wildman–Crippen MR) is 73.7 cm³/mol. The first-order chi connectivity index (χ1) is 8.95. The second kappa shape index (κ2) is 7.36. The van der Waals surface area contributed by atoms with Crippen molar-refractivity contribution in [3.63, 3.8) is 0 Å². The quantitative estimate of drug-likeness (QED) is 0.768. The number of carbonyl (C=O) groups is 2. The molecule has 0 aliphatic heterocycles. The Balaban J connectivity index is 2.50. The molecule has 2 amide bonds. The largest absolute Gasteiger partial charge is 0.467 e. The number of urea groups is 1. The summed E-state index contributed by atoms with van der Waals surface area (Å²) in [6.07, 6.45) is 4.55. The molecule has 1 aliphatic rings. The van der Waals surface area contributed by atoms with Gasteiger partial charge in [0, 0.05) is 6.04 Å². The summed E-state index contributed by atoms with van der Waals surface area (Å²) in [6.45, 7) is 5.92. The molecule has 110 valence electrons. The summed E-state index contributed by atoms with van der Waals surface area (Å²) < 4.78 is 4.70. The lowest BCUT2D eigenvalue weighted by Crippen LogP contribution is -2.52. The Morgan fingerprint density at radius 3 is 2.37 bits per heavy atom. The number of rotatable bonds is 4. The van der Waals surface area contributed by atoms with E-state index in [-0.39, 0.29) is 18.0 Å². The van der Waals surface area contributed by atoms with Crippen molar-refractivity contribution in [1.82, 2.24) is 10.6 Å². The lowest BCUT2D eigenvalue weighted by molar-refractivity contribution is -0.144. The Kier molecular flexibility index (Phi) is 6.12. The van der Waals surface area contributed by atoms with Crippen LogP contribution < -0.4 is 10.6 Å². The van der Waals surface area contributed by atoms with Crippen molar-refractivity contribution in [3.8, 4) is 0 Å². The fourth-order valence-corrected chi connectivity index (χ4v) is 2.51. The highest BCUT2D eigenvalue weighted by atomic mass is 16.5. The second-order valence-corrected chi connectivity index (χ2v) is 5.73. The van der Waals surface area contributed by atoms with E-state index in [1.165, 1.54) is 13.5 Å². The van der Waals surface area contributed by atoms with Gasteiger partial charge in [-0.15, -0.1) is 0 Å². The van der Waals surface area contributed by atoms with Crippen LogP contribution in [0.1, 0.15) is 46.5 Å². The monoisotopic (exact) mass is 270 g/mol. The first-order valence-corrected chi connectivity index (χ1v) is 7.10. The van der Waals surface area contributed by atoms with E-state index in [1.807, 2.05) is 13.8 Å². The average molecular weight is 270 g/mol. The molecule has 1 fully saturated rings. The van der Waals surface area contributed by atoms with Crippen molar-refractivity contribution < 1.29 is 14.3 Å². The molecule has 5 heteroatoms. The van der Waals surface area contributed by atoms with Crippen LogP contribution in [0.15, 0.2) is 0 Å². The summed E-state index contributed by atoms with van der Waals surface area (Å²) in [5.41, 5.74) is 0. The average Bonchev–Trinajstić information content (AvgIpc) is 2.37. The summed E-state index contributed by atoms with van der Waals surface area (Å²) in [4.78, 5) is 23.5. The zero-order valence-corrected chi connectivity index (χ0v) is 12.4. The number of nitrogens with one attached hydrogen (secondary N) is 2. The standard InChI is InChI=1S/C14H26N2O3/c1-9(2)12(13(17)19-4)16-14(18)15-11-8-6-5-7-10(11)3/h9-12H,5-8H2,1-4H3,(H2,15,16,18)/t10-,11-,12-/m0/s1. The molecule has 0 saturated heterocycles. The highest BCUT2D eigenvalue weighted by Gasteiger charge is 2.27. The molecule has 3 atom stereocenters. The maximum atomic E-state index is 12.0. The Morgan fingerprint density at radius 2 is 1.84 bits per heavy atom. The molecule has 1 saturated carbocycles. The van der Waals surface area contributed by atoms with Gasteiger partial charge in [0.1, 0.15) is 6.04 Å². The van der Waals surface area contributed by atoms with Gasteiger partial charge in [0.05, 0.1) is 7.11 Å². The van der Waals surface area contributed by atoms with E-state index in [4.69, 9.17) is 4.74 Å². The molecule has 0 aromatic rings. The molecule has 0 aromatic heterocycles. The number of hydrogen-bond acceptors (Lipinski definition) is 3. The van der Waals surface area contributed by atoms with Gasteiger partial charge in [-0.1, -0.05) is 33.6 Å². The molecule has 2 N–H and O–H groups in total. The SMILES string of the molecule is COC(=O)[C@@H](NC(=O)N[C@H]1CCCC[C@@H]1C)C(C)C. The van der Waals surface area contributed by atoms with Crippen LogP contribution in [0.2, 0.25) is 0 Å². The van der Waals surface area contributed by atoms with E-state index in [9.17, 15) is 9.59 Å². The van der Waals surface area contributed by atoms with Gasteiger partial charge < -0.3 is 15.4 Å². The summed E-state index contributed by atoms with van der Waals surface area (Å²) in [7, 11) is 1.33. The maximum absolute atomic E-state index is 12.0. The zero-order chi connectivity index (χ0) is 14.4. The van der Waals surface area contributed by atoms with Crippen molar-refractivity contribution in [2.45, 2.75) is 58.5 Å². The van der Waals surface area contributed by atoms with Crippen LogP contribution in [-0.4, -0.2) is 31.2 Å². The van der Waals surface area contributed by atoms with Gasteiger partial charge in [0.25, 0.3) is 0 Å². The van der Waals surface area contributed by atoms with Gasteiger partial charge >= 0.3 is 12.0 Å². The van der Waals surface area contributed by atoms with Gasteiger partial charge in [-0.2, -0.15) is 0 Å². The molecular formula is C14H26N2O3. The van der Waals surface area contributed by atoms with Crippen LogP contribution >= 0.6 is 0 Å². The molecule has 0 radical (unpaired) electrons. The molecule has 0 bridgehead atoms. The van der Waals surface area contributed by atoms with E-state index in [0.717, 1.165) is 19.3 Å². The molecule has 0 aromatic carbocycles. The highest BCUT2D eigenvalue weighted by Crippen LogP contribution is 2.23. The third kappa shape index (κ3) is 4.73. The van der Waals surface area contributed by atoms with Crippen LogP contribution in [-0.2, 0) is 9.53 Å². The van der Waals surface area contributed by atoms with Crippen molar-refractivity contribution in [1.29, 1.82) is 0 Å². The summed E-state index contributed by atoms with van der Waals surface area (Å²) in [5.74, 6) is 0.0962. The Labute approximate surface area is 115 Å². The fraction of sp³-hybridized carbons (Fsp3) is 0.857. The molecule has 0 heterocycles. The van der Waals surface area contributed by atoms with Crippen LogP contribution in [0.3, 0.4) is 0 Å². The van der Waals surface area contributed by atoms with Crippen molar-refractivity contribution in [3.05, 3.63) is 0 Å². The number of ether oxygens (including phenoxy) is 1. The van der Waals surface area contributed by atoms with Gasteiger partial charge in [0.15, 0.2) is 0 Å². The second-order valence-electron chi connectivity index (χ2n) is 5.73. The van der Waals surface area contributed by atoms with E-state index in [1.54, 1.807) is 0 Å². The maximum Gasteiger partial charge on any atom is 0.328 e. The number of hydrogen-bond donors (Lipinski definition) is 2. The minimum absolute atomic E-state index is 0.00183. The lowest BCUT2D eigenvalue weighted by atomic mass is 9.86. The van der Waals surface area contributed by atoms with Gasteiger partial charge in [0.2, 0.25) is 0 Å². The number of esters is 1. The molecule has 0 spiro atoms. The van der Waals surface area contributed by atoms with Gasteiger partial charge in [-0.25, -0.2) is 9.59 Å². The van der Waals surface area contributed by atoms with Gasteiger partial charge in [-0.3, -0.25) is 0 Å². The van der Waals surface area contributed by atoms with E-state index < -0.39 is 12.0 Å².